The summed E-state index contributed by atoms with van der Waals surface area (Å²) in [6, 6.07) is 0. The van der Waals surface area contributed by atoms with E-state index < -0.39 is 90.5 Å². The highest BCUT2D eigenvalue weighted by atomic mass is 19.4. The number of hydrogen-bond donors (Lipinski definition) is 1. The van der Waals surface area contributed by atoms with E-state index in [1.807, 2.05) is 13.8 Å². The Kier molecular flexibility index (Phi) is 10.1. The third-order valence-electron chi connectivity index (χ3n) is 13.4. The Labute approximate surface area is 299 Å². The monoisotopic (exact) mass is 756 g/mol. The van der Waals surface area contributed by atoms with Crippen molar-refractivity contribution in [3.63, 3.8) is 0 Å². The molecule has 2 aliphatic carbocycles. The second-order valence-corrected chi connectivity index (χ2v) is 16.3. The second kappa shape index (κ2) is 13.6. The van der Waals surface area contributed by atoms with Gasteiger partial charge >= 0.3 is 12.4 Å². The van der Waals surface area contributed by atoms with E-state index in [9.17, 15) is 18.4 Å². The van der Waals surface area contributed by atoms with Crippen molar-refractivity contribution in [1.29, 1.82) is 0 Å². The number of allylic oxidation sites excluding steroid dienone is 1. The van der Waals surface area contributed by atoms with Crippen LogP contribution < -0.4 is 0 Å². The molecule has 6 aliphatic heterocycles. The molecule has 5 saturated heterocycles. The maximum absolute atomic E-state index is 15.1. The molecule has 1 spiro atoms. The number of fused-ring (bicyclic) bond motifs is 2. The third kappa shape index (κ3) is 5.96. The molecule has 14 atom stereocenters. The van der Waals surface area contributed by atoms with Crippen molar-refractivity contribution in [2.24, 2.45) is 41.4 Å². The van der Waals surface area contributed by atoms with Crippen LogP contribution in [0.4, 0.5) is 26.3 Å². The van der Waals surface area contributed by atoms with Crippen LogP contribution in [-0.2, 0) is 43.1 Å². The topological polar surface area (TPSA) is 103 Å². The Morgan fingerprint density at radius 1 is 0.808 bits per heavy atom. The Bertz CT molecular complexity index is 1390. The molecule has 1 N–H and O–H groups in total. The van der Waals surface area contributed by atoms with Crippen molar-refractivity contribution in [1.82, 2.24) is 0 Å². The lowest BCUT2D eigenvalue weighted by atomic mass is 9.56. The lowest BCUT2D eigenvalue weighted by molar-refractivity contribution is -0.557. The molecule has 2 bridgehead atoms. The molecule has 8 aliphatic rings. The van der Waals surface area contributed by atoms with Gasteiger partial charge in [0.15, 0.2) is 17.5 Å². The first kappa shape index (κ1) is 38.8. The molecule has 296 valence electrons. The van der Waals surface area contributed by atoms with Crippen LogP contribution in [0.5, 0.6) is 0 Å². The van der Waals surface area contributed by atoms with Crippen molar-refractivity contribution < 1.29 is 74.7 Å². The highest BCUT2D eigenvalue weighted by molar-refractivity contribution is 5.28. The lowest BCUT2D eigenvalue weighted by Gasteiger charge is -2.60. The normalized spacial score (nSPS) is 47.8. The quantitative estimate of drug-likeness (QED) is 0.0863. The van der Waals surface area contributed by atoms with Gasteiger partial charge in [-0.2, -0.15) is 26.3 Å². The van der Waals surface area contributed by atoms with E-state index in [-0.39, 0.29) is 35.9 Å². The van der Waals surface area contributed by atoms with E-state index in [4.69, 9.17) is 43.1 Å². The van der Waals surface area contributed by atoms with Gasteiger partial charge in [-0.25, -0.2) is 14.7 Å². The van der Waals surface area contributed by atoms with E-state index in [2.05, 4.69) is 0 Å². The maximum atomic E-state index is 15.1. The zero-order chi connectivity index (χ0) is 37.5. The third-order valence-corrected chi connectivity index (χ3v) is 13.4. The summed E-state index contributed by atoms with van der Waals surface area (Å²) >= 11 is 0. The van der Waals surface area contributed by atoms with Crippen LogP contribution in [0.25, 0.3) is 0 Å². The number of hydrogen-bond acceptors (Lipinski definition) is 10. The molecule has 6 heterocycles. The predicted molar refractivity (Wildman–Crippen MR) is 167 cm³/mol. The fourth-order valence-corrected chi connectivity index (χ4v) is 10.7. The van der Waals surface area contributed by atoms with E-state index in [1.165, 1.54) is 19.1 Å². The number of ether oxygens (including phenoxy) is 6. The van der Waals surface area contributed by atoms with E-state index >= 15 is 13.2 Å². The first-order valence-electron chi connectivity index (χ1n) is 18.5. The molecule has 0 radical (unpaired) electrons. The van der Waals surface area contributed by atoms with Crippen LogP contribution in [0.1, 0.15) is 86.0 Å². The zero-order valence-electron chi connectivity index (χ0n) is 30.1. The van der Waals surface area contributed by atoms with Crippen molar-refractivity contribution in [3.8, 4) is 0 Å². The van der Waals surface area contributed by atoms with E-state index in [0.717, 1.165) is 0 Å². The molecule has 7 fully saturated rings. The van der Waals surface area contributed by atoms with Gasteiger partial charge in [-0.3, -0.25) is 5.26 Å². The van der Waals surface area contributed by atoms with Gasteiger partial charge in [0.1, 0.15) is 0 Å². The lowest BCUT2D eigenvalue weighted by Crippen LogP contribution is -2.74. The molecular weight excluding hydrogens is 706 g/mol. The zero-order valence-corrected chi connectivity index (χ0v) is 30.1. The SMILES string of the molecule is C[C@@H]1CC[C@H]2[C@@H](C)[C@](OC/C=C/COCC3=C(C(F)(F)F)O[C@@H]4OC5(C)CCC6[C@H](C)CC[C@@H]3[C@]64OO5)(C(F)(F)F)O[C@@H]3O[C@@H](C)CCC1C32OO. The Morgan fingerprint density at radius 3 is 2.21 bits per heavy atom. The van der Waals surface area contributed by atoms with Gasteiger partial charge in [-0.1, -0.05) is 32.9 Å². The Hall–Kier alpha value is -1.50. The standard InChI is InChI=1S/C36H50F6O10/c1-19-8-11-26-22(4)34(36(40,41)42,49-29-32(26,50-43)24(19)13-10-21(3)46-29)45-17-7-6-16-44-18-23-27-12-9-20(2)25-14-15-31(5)48-30(33(25,27)52-51-31)47-28(23)35(37,38)39/h6-7,19-22,24-27,29-30,43H,8-18H2,1-5H3/b7-6+/t19-,20-,21+,22-,24?,25?,26+,27+,29+,30-,31?,32?,33-,34-/m1/s1. The summed E-state index contributed by atoms with van der Waals surface area (Å²) in [5.41, 5.74) is -2.90. The van der Waals surface area contributed by atoms with Gasteiger partial charge in [0.2, 0.25) is 17.8 Å². The van der Waals surface area contributed by atoms with Gasteiger partial charge in [0.25, 0.3) is 5.79 Å². The van der Waals surface area contributed by atoms with Crippen LogP contribution in [-0.4, -0.2) is 78.9 Å². The first-order chi connectivity index (χ1) is 24.4. The Morgan fingerprint density at radius 2 is 1.50 bits per heavy atom. The summed E-state index contributed by atoms with van der Waals surface area (Å²) in [6.45, 7) is 7.55. The minimum atomic E-state index is -4.99. The summed E-state index contributed by atoms with van der Waals surface area (Å²) in [5.74, 6) is -8.64. The first-order valence-corrected chi connectivity index (χ1v) is 18.5. The fourth-order valence-electron chi connectivity index (χ4n) is 10.7. The van der Waals surface area contributed by atoms with Gasteiger partial charge in [-0.15, -0.1) is 0 Å². The Balaban J connectivity index is 1.06. The van der Waals surface area contributed by atoms with Gasteiger partial charge in [0, 0.05) is 35.7 Å². The van der Waals surface area contributed by atoms with Gasteiger partial charge in [0.05, 0.1) is 25.9 Å². The van der Waals surface area contributed by atoms with Crippen LogP contribution in [0.15, 0.2) is 23.5 Å². The average molecular weight is 757 g/mol. The molecule has 0 aromatic rings. The molecule has 8 rings (SSSR count). The summed E-state index contributed by atoms with van der Waals surface area (Å²) in [4.78, 5) is 16.8. The number of alkyl halides is 6. The number of halogens is 6. The predicted octanol–water partition coefficient (Wildman–Crippen LogP) is 7.98. The van der Waals surface area contributed by atoms with Crippen LogP contribution in [0.2, 0.25) is 0 Å². The minimum absolute atomic E-state index is 0.0602. The van der Waals surface area contributed by atoms with Crippen LogP contribution in [0.3, 0.4) is 0 Å². The van der Waals surface area contributed by atoms with Gasteiger partial charge in [-0.05, 0) is 76.5 Å². The fraction of sp³-hybridized carbons (Fsp3) is 0.889. The molecule has 0 aromatic heterocycles. The van der Waals surface area contributed by atoms with Crippen LogP contribution in [0, 0.1) is 41.4 Å². The van der Waals surface area contributed by atoms with Crippen molar-refractivity contribution in [2.75, 3.05) is 19.8 Å². The summed E-state index contributed by atoms with van der Waals surface area (Å²) in [5, 5.41) is 10.3. The van der Waals surface area contributed by atoms with Crippen molar-refractivity contribution in [3.05, 3.63) is 23.5 Å². The summed E-state index contributed by atoms with van der Waals surface area (Å²) in [7, 11) is 0. The van der Waals surface area contributed by atoms with Gasteiger partial charge < -0.3 is 28.4 Å². The summed E-state index contributed by atoms with van der Waals surface area (Å²) < 4.78 is 123. The molecule has 10 nitrogen and oxygen atoms in total. The highest BCUT2D eigenvalue weighted by Crippen LogP contribution is 2.63. The highest BCUT2D eigenvalue weighted by Gasteiger charge is 2.75. The maximum Gasteiger partial charge on any atom is 0.449 e. The molecule has 52 heavy (non-hydrogen) atoms. The molecule has 4 unspecified atom stereocenters. The second-order valence-electron chi connectivity index (χ2n) is 16.3. The summed E-state index contributed by atoms with van der Waals surface area (Å²) in [6.07, 6.45) is -6.24. The van der Waals surface area contributed by atoms with Crippen molar-refractivity contribution >= 4 is 0 Å². The smallest absolute Gasteiger partial charge is 0.449 e. The van der Waals surface area contributed by atoms with E-state index in [1.54, 1.807) is 13.8 Å². The largest absolute Gasteiger partial charge is 0.456 e. The average Bonchev–Trinajstić information content (AvgIpc) is 3.38. The van der Waals surface area contributed by atoms with Crippen molar-refractivity contribution in [2.45, 2.75) is 140 Å². The number of rotatable bonds is 8. The molecule has 0 aromatic carbocycles. The molecular formula is C36H50F6O10. The molecule has 16 heteroatoms. The van der Waals surface area contributed by atoms with E-state index in [0.29, 0.717) is 51.4 Å². The minimum Gasteiger partial charge on any atom is -0.456 e. The molecule has 0 amide bonds. The molecule has 2 saturated carbocycles. The van der Waals surface area contributed by atoms with Crippen LogP contribution >= 0.6 is 0 Å².